The molecule has 2 N–H and O–H groups in total. The largest absolute Gasteiger partial charge is 0.326 e. The van der Waals surface area contributed by atoms with Gasteiger partial charge in [0.2, 0.25) is 11.8 Å². The van der Waals surface area contributed by atoms with Crippen LogP contribution in [0.15, 0.2) is 18.2 Å². The number of nitrogens with one attached hydrogen (secondary N) is 2. The van der Waals surface area contributed by atoms with Gasteiger partial charge in [0.25, 0.3) is 0 Å². The van der Waals surface area contributed by atoms with E-state index in [2.05, 4.69) is 10.6 Å². The van der Waals surface area contributed by atoms with Crippen LogP contribution in [-0.4, -0.2) is 11.8 Å². The van der Waals surface area contributed by atoms with Gasteiger partial charge in [0.05, 0.1) is 5.69 Å². The number of anilines is 2. The van der Waals surface area contributed by atoms with Crippen molar-refractivity contribution >= 4 is 23.2 Å². The molecule has 0 aromatic heterocycles. The summed E-state index contributed by atoms with van der Waals surface area (Å²) in [5.41, 5.74) is 0.600. The Hall–Kier alpha value is -1.91. The third-order valence-electron chi connectivity index (χ3n) is 4.89. The summed E-state index contributed by atoms with van der Waals surface area (Å²) in [6.45, 7) is 1.39. The lowest BCUT2D eigenvalue weighted by Gasteiger charge is -2.21. The van der Waals surface area contributed by atoms with E-state index in [-0.39, 0.29) is 17.5 Å². The van der Waals surface area contributed by atoms with Gasteiger partial charge in [-0.1, -0.05) is 6.42 Å². The van der Waals surface area contributed by atoms with Crippen LogP contribution in [0.1, 0.15) is 39.0 Å². The highest BCUT2D eigenvalue weighted by Crippen LogP contribution is 2.49. The van der Waals surface area contributed by atoms with Gasteiger partial charge in [0.15, 0.2) is 0 Å². The zero-order valence-corrected chi connectivity index (χ0v) is 12.7. The minimum Gasteiger partial charge on any atom is -0.326 e. The summed E-state index contributed by atoms with van der Waals surface area (Å²) in [5.74, 6) is 1.05. The first-order valence-corrected chi connectivity index (χ1v) is 7.88. The zero-order valence-electron chi connectivity index (χ0n) is 12.7. The highest BCUT2D eigenvalue weighted by atomic mass is 19.1. The van der Waals surface area contributed by atoms with E-state index in [1.165, 1.54) is 44.4 Å². The Labute approximate surface area is 129 Å². The molecule has 2 amide bonds. The molecule has 22 heavy (non-hydrogen) atoms. The molecule has 1 aromatic rings. The van der Waals surface area contributed by atoms with E-state index < -0.39 is 5.82 Å². The van der Waals surface area contributed by atoms with Crippen LogP contribution in [0.3, 0.4) is 0 Å². The molecule has 5 heteroatoms. The number of hydrogen-bond donors (Lipinski definition) is 2. The quantitative estimate of drug-likeness (QED) is 0.893. The van der Waals surface area contributed by atoms with E-state index in [4.69, 9.17) is 0 Å². The fourth-order valence-corrected chi connectivity index (χ4v) is 3.97. The molecule has 0 radical (unpaired) electrons. The summed E-state index contributed by atoms with van der Waals surface area (Å²) in [6.07, 6.45) is 5.38. The van der Waals surface area contributed by atoms with Crippen molar-refractivity contribution in [1.29, 1.82) is 0 Å². The Morgan fingerprint density at radius 1 is 1.23 bits per heavy atom. The molecule has 2 aliphatic rings. The second-order valence-corrected chi connectivity index (χ2v) is 6.56. The fraction of sp³-hybridized carbons (Fsp3) is 0.529. The topological polar surface area (TPSA) is 58.2 Å². The Morgan fingerprint density at radius 2 is 2.05 bits per heavy atom. The van der Waals surface area contributed by atoms with E-state index in [1.807, 2.05) is 0 Å². The molecule has 3 atom stereocenters. The molecule has 2 saturated carbocycles. The molecular weight excluding hydrogens is 283 g/mol. The number of amides is 2. The summed E-state index contributed by atoms with van der Waals surface area (Å²) in [4.78, 5) is 23.2. The molecule has 2 bridgehead atoms. The van der Waals surface area contributed by atoms with Crippen molar-refractivity contribution in [3.63, 3.8) is 0 Å². The van der Waals surface area contributed by atoms with Crippen LogP contribution >= 0.6 is 0 Å². The van der Waals surface area contributed by atoms with Gasteiger partial charge in [0.1, 0.15) is 5.82 Å². The Kier molecular flexibility index (Phi) is 4.14. The Morgan fingerprint density at radius 3 is 2.68 bits per heavy atom. The fourth-order valence-electron chi connectivity index (χ4n) is 3.97. The van der Waals surface area contributed by atoms with Crippen LogP contribution in [0.25, 0.3) is 0 Å². The van der Waals surface area contributed by atoms with Gasteiger partial charge >= 0.3 is 0 Å². The Bertz CT molecular complexity index is 602. The number of carbonyl (C=O) groups excluding carboxylic acids is 2. The molecule has 3 rings (SSSR count). The summed E-state index contributed by atoms with van der Waals surface area (Å²) >= 11 is 0. The second kappa shape index (κ2) is 6.07. The van der Waals surface area contributed by atoms with Gasteiger partial charge < -0.3 is 10.6 Å². The molecular formula is C17H21FN2O2. The van der Waals surface area contributed by atoms with Gasteiger partial charge in [0, 0.05) is 19.0 Å². The molecule has 0 unspecified atom stereocenters. The monoisotopic (exact) mass is 304 g/mol. The molecule has 0 spiro atoms. The van der Waals surface area contributed by atoms with E-state index in [0.29, 0.717) is 23.9 Å². The van der Waals surface area contributed by atoms with Crippen LogP contribution < -0.4 is 10.6 Å². The zero-order chi connectivity index (χ0) is 15.7. The molecule has 0 heterocycles. The summed E-state index contributed by atoms with van der Waals surface area (Å²) in [7, 11) is 0. The SMILES string of the molecule is CC(=O)Nc1ccc(F)c(NC(=O)C[C@@H]2C[C@H]3CC[C@H]2C3)c1. The maximum atomic E-state index is 13.8. The van der Waals surface area contributed by atoms with E-state index >= 15 is 0 Å². The predicted octanol–water partition coefficient (Wildman–Crippen LogP) is 3.55. The van der Waals surface area contributed by atoms with E-state index in [0.717, 1.165) is 12.3 Å². The summed E-state index contributed by atoms with van der Waals surface area (Å²) in [5, 5.41) is 5.23. The van der Waals surface area contributed by atoms with Gasteiger partial charge in [-0.2, -0.15) is 0 Å². The first kappa shape index (κ1) is 15.0. The molecule has 0 aliphatic heterocycles. The van der Waals surface area contributed by atoms with Crippen LogP contribution in [0.2, 0.25) is 0 Å². The lowest BCUT2D eigenvalue weighted by molar-refractivity contribution is -0.117. The number of carbonyl (C=O) groups is 2. The standard InChI is InChI=1S/C17H21FN2O2/c1-10(21)19-14-4-5-15(18)16(9-14)20-17(22)8-13-7-11-2-3-12(13)6-11/h4-5,9,11-13H,2-3,6-8H2,1H3,(H,19,21)(H,20,22)/t11-,12-,13-/m0/s1. The van der Waals surface area contributed by atoms with Gasteiger partial charge in [-0.15, -0.1) is 0 Å². The average Bonchev–Trinajstić information content (AvgIpc) is 3.04. The first-order chi connectivity index (χ1) is 10.5. The van der Waals surface area contributed by atoms with Crippen molar-refractivity contribution in [2.75, 3.05) is 10.6 Å². The highest BCUT2D eigenvalue weighted by Gasteiger charge is 2.40. The minimum absolute atomic E-state index is 0.124. The number of benzene rings is 1. The maximum absolute atomic E-state index is 13.8. The van der Waals surface area contributed by atoms with E-state index in [9.17, 15) is 14.0 Å². The highest BCUT2D eigenvalue weighted by molar-refractivity contribution is 5.93. The summed E-state index contributed by atoms with van der Waals surface area (Å²) < 4.78 is 13.8. The summed E-state index contributed by atoms with van der Waals surface area (Å²) in [6, 6.07) is 4.18. The van der Waals surface area contributed by atoms with Crippen LogP contribution in [0.5, 0.6) is 0 Å². The number of fused-ring (bicyclic) bond motifs is 2. The molecule has 1 aromatic carbocycles. The Balaban J connectivity index is 1.62. The molecule has 0 saturated heterocycles. The van der Waals surface area contributed by atoms with Crippen molar-refractivity contribution in [2.45, 2.75) is 39.0 Å². The van der Waals surface area contributed by atoms with Crippen LogP contribution in [-0.2, 0) is 9.59 Å². The lowest BCUT2D eigenvalue weighted by atomic mass is 9.86. The third-order valence-corrected chi connectivity index (χ3v) is 4.89. The maximum Gasteiger partial charge on any atom is 0.224 e. The molecule has 2 fully saturated rings. The van der Waals surface area contributed by atoms with Gasteiger partial charge in [-0.05, 0) is 55.2 Å². The number of rotatable bonds is 4. The molecule has 2 aliphatic carbocycles. The van der Waals surface area contributed by atoms with Gasteiger partial charge in [-0.25, -0.2) is 4.39 Å². The van der Waals surface area contributed by atoms with Crippen molar-refractivity contribution in [3.05, 3.63) is 24.0 Å². The number of halogens is 1. The second-order valence-electron chi connectivity index (χ2n) is 6.56. The van der Waals surface area contributed by atoms with Crippen molar-refractivity contribution in [2.24, 2.45) is 17.8 Å². The molecule has 118 valence electrons. The van der Waals surface area contributed by atoms with Gasteiger partial charge in [-0.3, -0.25) is 9.59 Å². The van der Waals surface area contributed by atoms with Crippen molar-refractivity contribution < 1.29 is 14.0 Å². The van der Waals surface area contributed by atoms with Crippen LogP contribution in [0, 0.1) is 23.6 Å². The van der Waals surface area contributed by atoms with Crippen molar-refractivity contribution in [1.82, 2.24) is 0 Å². The van der Waals surface area contributed by atoms with Crippen LogP contribution in [0.4, 0.5) is 15.8 Å². The average molecular weight is 304 g/mol. The van der Waals surface area contributed by atoms with E-state index in [1.54, 1.807) is 0 Å². The van der Waals surface area contributed by atoms with Crippen molar-refractivity contribution in [3.8, 4) is 0 Å². The minimum atomic E-state index is -0.490. The number of hydrogen-bond acceptors (Lipinski definition) is 2. The third kappa shape index (κ3) is 3.29. The predicted molar refractivity (Wildman–Crippen MR) is 82.9 cm³/mol. The lowest BCUT2D eigenvalue weighted by Crippen LogP contribution is -2.21. The first-order valence-electron chi connectivity index (χ1n) is 7.88. The normalized spacial score (nSPS) is 26.0. The molecule has 4 nitrogen and oxygen atoms in total. The smallest absolute Gasteiger partial charge is 0.224 e.